The summed E-state index contributed by atoms with van der Waals surface area (Å²) in [5.74, 6) is 0. The van der Waals surface area contributed by atoms with Gasteiger partial charge in [0.2, 0.25) is 4.52 Å². The SMILES string of the molecule is ClC1CCCCCCOC1(Cl)Cl. The van der Waals surface area contributed by atoms with Gasteiger partial charge in [-0.15, -0.1) is 11.6 Å². The molecule has 1 heterocycles. The Kier molecular flexibility index (Phi) is 4.45. The quantitative estimate of drug-likeness (QED) is 0.578. The highest BCUT2D eigenvalue weighted by Crippen LogP contribution is 2.35. The maximum Gasteiger partial charge on any atom is 0.234 e. The highest BCUT2D eigenvalue weighted by atomic mass is 35.5. The van der Waals surface area contributed by atoms with Crippen LogP contribution in [0.4, 0.5) is 0 Å². The number of alkyl halides is 3. The molecule has 1 atom stereocenters. The Morgan fingerprint density at radius 1 is 1.08 bits per heavy atom. The van der Waals surface area contributed by atoms with Crippen LogP contribution in [0.1, 0.15) is 32.1 Å². The van der Waals surface area contributed by atoms with E-state index in [1.165, 1.54) is 12.8 Å². The second-order valence-corrected chi connectivity index (χ2v) is 4.92. The number of halogens is 3. The van der Waals surface area contributed by atoms with E-state index in [-0.39, 0.29) is 5.38 Å². The molecule has 0 aliphatic carbocycles. The molecule has 1 saturated heterocycles. The molecule has 0 radical (unpaired) electrons. The van der Waals surface area contributed by atoms with Crippen LogP contribution in [0.2, 0.25) is 0 Å². The van der Waals surface area contributed by atoms with Crippen molar-refractivity contribution in [1.82, 2.24) is 0 Å². The molecule has 0 N–H and O–H groups in total. The van der Waals surface area contributed by atoms with Gasteiger partial charge in [0.25, 0.3) is 0 Å². The molecule has 0 amide bonds. The van der Waals surface area contributed by atoms with Crippen molar-refractivity contribution in [1.29, 1.82) is 0 Å². The van der Waals surface area contributed by atoms with E-state index in [9.17, 15) is 0 Å². The van der Waals surface area contributed by atoms with Gasteiger partial charge in [0.1, 0.15) is 0 Å². The standard InChI is InChI=1S/C8H13Cl3O/c9-7-5-3-1-2-4-6-12-8(7,10)11/h7H,1-6H2. The summed E-state index contributed by atoms with van der Waals surface area (Å²) in [6, 6.07) is 0. The van der Waals surface area contributed by atoms with Crippen LogP contribution in [0.3, 0.4) is 0 Å². The predicted molar refractivity (Wildman–Crippen MR) is 53.1 cm³/mol. The highest BCUT2D eigenvalue weighted by molar-refractivity contribution is 6.51. The predicted octanol–water partition coefficient (Wildman–Crippen LogP) is 3.71. The number of hydrogen-bond donors (Lipinski definition) is 0. The minimum atomic E-state index is -1.19. The van der Waals surface area contributed by atoms with E-state index in [1.807, 2.05) is 0 Å². The first-order valence-corrected chi connectivity index (χ1v) is 5.48. The van der Waals surface area contributed by atoms with Crippen LogP contribution < -0.4 is 0 Å². The van der Waals surface area contributed by atoms with Gasteiger partial charge in [-0.05, 0) is 12.8 Å². The maximum atomic E-state index is 5.97. The molecular formula is C8H13Cl3O. The van der Waals surface area contributed by atoms with Crippen LogP contribution in [0.25, 0.3) is 0 Å². The van der Waals surface area contributed by atoms with Crippen LogP contribution in [-0.2, 0) is 4.74 Å². The highest BCUT2D eigenvalue weighted by Gasteiger charge is 2.34. The van der Waals surface area contributed by atoms with Crippen molar-refractivity contribution in [3.63, 3.8) is 0 Å². The van der Waals surface area contributed by atoms with Crippen LogP contribution in [0.5, 0.6) is 0 Å². The monoisotopic (exact) mass is 230 g/mol. The number of hydrogen-bond acceptors (Lipinski definition) is 1. The van der Waals surface area contributed by atoms with Crippen molar-refractivity contribution in [3.05, 3.63) is 0 Å². The molecule has 12 heavy (non-hydrogen) atoms. The molecule has 1 unspecified atom stereocenters. The van der Waals surface area contributed by atoms with Gasteiger partial charge in [-0.1, -0.05) is 42.5 Å². The van der Waals surface area contributed by atoms with E-state index in [0.29, 0.717) is 6.61 Å². The van der Waals surface area contributed by atoms with Crippen LogP contribution >= 0.6 is 34.8 Å². The fourth-order valence-corrected chi connectivity index (χ4v) is 1.84. The summed E-state index contributed by atoms with van der Waals surface area (Å²) in [6.07, 6.45) is 5.29. The molecule has 0 aromatic rings. The average Bonchev–Trinajstić information content (AvgIpc) is 2.06. The molecule has 1 nitrogen and oxygen atoms in total. The van der Waals surface area contributed by atoms with Crippen LogP contribution in [0.15, 0.2) is 0 Å². The number of ether oxygens (including phenoxy) is 1. The van der Waals surface area contributed by atoms with E-state index >= 15 is 0 Å². The Bertz CT molecular complexity index is 138. The lowest BCUT2D eigenvalue weighted by molar-refractivity contribution is 0.0742. The van der Waals surface area contributed by atoms with Gasteiger partial charge in [0.15, 0.2) is 0 Å². The van der Waals surface area contributed by atoms with Crippen molar-refractivity contribution in [2.24, 2.45) is 0 Å². The van der Waals surface area contributed by atoms with Gasteiger partial charge in [0.05, 0.1) is 12.0 Å². The van der Waals surface area contributed by atoms with E-state index < -0.39 is 4.52 Å². The lowest BCUT2D eigenvalue weighted by Gasteiger charge is -2.24. The molecule has 1 aliphatic rings. The first-order chi connectivity index (χ1) is 5.63. The van der Waals surface area contributed by atoms with E-state index in [1.54, 1.807) is 0 Å². The maximum absolute atomic E-state index is 5.97. The Morgan fingerprint density at radius 2 is 1.75 bits per heavy atom. The first kappa shape index (κ1) is 10.9. The summed E-state index contributed by atoms with van der Waals surface area (Å²) in [7, 11) is 0. The lowest BCUT2D eigenvalue weighted by atomic mass is 10.1. The summed E-state index contributed by atoms with van der Waals surface area (Å²) in [6.45, 7) is 0.607. The first-order valence-electron chi connectivity index (χ1n) is 4.29. The minimum Gasteiger partial charge on any atom is -0.345 e. The fourth-order valence-electron chi connectivity index (χ4n) is 1.25. The van der Waals surface area contributed by atoms with E-state index in [4.69, 9.17) is 39.5 Å². The molecule has 0 aromatic carbocycles. The molecule has 1 aliphatic heterocycles. The molecule has 72 valence electrons. The van der Waals surface area contributed by atoms with Crippen LogP contribution in [0, 0.1) is 0 Å². The van der Waals surface area contributed by atoms with Crippen molar-refractivity contribution in [2.75, 3.05) is 6.61 Å². The Hall–Kier alpha value is 0.830. The van der Waals surface area contributed by atoms with Gasteiger partial charge in [-0.2, -0.15) is 0 Å². The lowest BCUT2D eigenvalue weighted by Crippen LogP contribution is -2.29. The zero-order chi connectivity index (χ0) is 9.03. The molecule has 0 spiro atoms. The number of rotatable bonds is 0. The van der Waals surface area contributed by atoms with Crippen LogP contribution in [-0.4, -0.2) is 16.5 Å². The molecular weight excluding hydrogens is 218 g/mol. The van der Waals surface area contributed by atoms with Gasteiger partial charge in [-0.3, -0.25) is 0 Å². The van der Waals surface area contributed by atoms with E-state index in [0.717, 1.165) is 19.3 Å². The van der Waals surface area contributed by atoms with E-state index in [2.05, 4.69) is 0 Å². The third kappa shape index (κ3) is 3.29. The summed E-state index contributed by atoms with van der Waals surface area (Å²) >= 11 is 17.7. The van der Waals surface area contributed by atoms with Crippen molar-refractivity contribution in [3.8, 4) is 0 Å². The second kappa shape index (κ2) is 4.90. The van der Waals surface area contributed by atoms with Crippen molar-refractivity contribution >= 4 is 34.8 Å². The molecule has 0 aromatic heterocycles. The Balaban J connectivity index is 2.47. The van der Waals surface area contributed by atoms with Crippen molar-refractivity contribution in [2.45, 2.75) is 42.0 Å². The fraction of sp³-hybridized carbons (Fsp3) is 1.00. The Labute approximate surface area is 88.3 Å². The Morgan fingerprint density at radius 3 is 2.50 bits per heavy atom. The molecule has 4 heteroatoms. The van der Waals surface area contributed by atoms with Gasteiger partial charge >= 0.3 is 0 Å². The second-order valence-electron chi connectivity index (χ2n) is 3.08. The van der Waals surface area contributed by atoms with Gasteiger partial charge in [-0.25, -0.2) is 0 Å². The molecule has 1 rings (SSSR count). The van der Waals surface area contributed by atoms with Gasteiger partial charge in [0, 0.05) is 0 Å². The summed E-state index contributed by atoms with van der Waals surface area (Å²) in [4.78, 5) is 0. The summed E-state index contributed by atoms with van der Waals surface area (Å²) in [5.41, 5.74) is 0. The average molecular weight is 232 g/mol. The topological polar surface area (TPSA) is 9.23 Å². The minimum absolute atomic E-state index is 0.293. The zero-order valence-electron chi connectivity index (χ0n) is 6.86. The summed E-state index contributed by atoms with van der Waals surface area (Å²) in [5, 5.41) is -0.293. The third-order valence-corrected chi connectivity index (χ3v) is 3.51. The molecule has 1 fully saturated rings. The van der Waals surface area contributed by atoms with Crippen molar-refractivity contribution < 1.29 is 4.74 Å². The van der Waals surface area contributed by atoms with Gasteiger partial charge < -0.3 is 4.74 Å². The molecule has 0 saturated carbocycles. The summed E-state index contributed by atoms with van der Waals surface area (Å²) < 4.78 is 4.07. The zero-order valence-corrected chi connectivity index (χ0v) is 9.13. The normalized spacial score (nSPS) is 31.8. The third-order valence-electron chi connectivity index (χ3n) is 2.01. The largest absolute Gasteiger partial charge is 0.345 e. The molecule has 0 bridgehead atoms. The smallest absolute Gasteiger partial charge is 0.234 e.